The molecule has 0 radical (unpaired) electrons. The fourth-order valence-electron chi connectivity index (χ4n) is 0.667. The van der Waals surface area contributed by atoms with E-state index in [4.69, 9.17) is 0 Å². The van der Waals surface area contributed by atoms with Crippen molar-refractivity contribution >= 4 is 22.6 Å². The zero-order valence-electron chi connectivity index (χ0n) is 5.73. The molecule has 66 valence electrons. The van der Waals surface area contributed by atoms with Crippen LogP contribution in [-0.2, 0) is 0 Å². The minimum absolute atomic E-state index is 0.426. The third kappa shape index (κ3) is 2.54. The Morgan fingerprint density at radius 1 is 1.33 bits per heavy atom. The lowest BCUT2D eigenvalue weighted by Crippen LogP contribution is -2.03. The molecule has 0 saturated heterocycles. The standard InChI is InChI=1S/C7H4F3IO/c8-5-3-4(11)1-2-6(5)12-7(9)10/h1-3,7H. The number of hydrogen-bond acceptors (Lipinski definition) is 1. The zero-order chi connectivity index (χ0) is 9.14. The Bertz CT molecular complexity index is 277. The van der Waals surface area contributed by atoms with E-state index in [0.717, 1.165) is 6.07 Å². The van der Waals surface area contributed by atoms with Gasteiger partial charge in [-0.3, -0.25) is 0 Å². The molecule has 0 heterocycles. The number of hydrogen-bond donors (Lipinski definition) is 0. The first kappa shape index (κ1) is 9.63. The topological polar surface area (TPSA) is 9.23 Å². The van der Waals surface area contributed by atoms with Crippen LogP contribution in [0.3, 0.4) is 0 Å². The van der Waals surface area contributed by atoms with Gasteiger partial charge < -0.3 is 4.74 Å². The summed E-state index contributed by atoms with van der Waals surface area (Å²) in [5.41, 5.74) is 0. The first-order chi connectivity index (χ1) is 5.59. The molecular weight excluding hydrogens is 284 g/mol. The van der Waals surface area contributed by atoms with Gasteiger partial charge in [0.05, 0.1) is 0 Å². The maximum absolute atomic E-state index is 12.7. The van der Waals surface area contributed by atoms with E-state index in [1.807, 2.05) is 22.6 Å². The maximum atomic E-state index is 12.7. The Labute approximate surface area is 80.7 Å². The van der Waals surface area contributed by atoms with E-state index in [0.29, 0.717) is 3.57 Å². The Morgan fingerprint density at radius 3 is 2.50 bits per heavy atom. The first-order valence-electron chi connectivity index (χ1n) is 2.99. The summed E-state index contributed by atoms with van der Waals surface area (Å²) in [5.74, 6) is -1.20. The molecule has 0 amide bonds. The molecule has 1 rings (SSSR count). The van der Waals surface area contributed by atoms with Crippen molar-refractivity contribution in [1.82, 2.24) is 0 Å². The van der Waals surface area contributed by atoms with Gasteiger partial charge in [-0.15, -0.1) is 0 Å². The number of benzene rings is 1. The second-order valence-corrected chi connectivity index (χ2v) is 3.20. The van der Waals surface area contributed by atoms with Crippen molar-refractivity contribution in [2.75, 3.05) is 0 Å². The van der Waals surface area contributed by atoms with Crippen LogP contribution >= 0.6 is 22.6 Å². The molecule has 0 bridgehead atoms. The van der Waals surface area contributed by atoms with Crippen LogP contribution in [0.15, 0.2) is 18.2 Å². The predicted octanol–water partition coefficient (Wildman–Crippen LogP) is 3.03. The lowest BCUT2D eigenvalue weighted by molar-refractivity contribution is -0.0522. The molecule has 1 aromatic carbocycles. The van der Waals surface area contributed by atoms with Crippen LogP contribution in [0.25, 0.3) is 0 Å². The van der Waals surface area contributed by atoms with Gasteiger partial charge in [-0.05, 0) is 40.8 Å². The second-order valence-electron chi connectivity index (χ2n) is 1.95. The third-order valence-electron chi connectivity index (χ3n) is 1.11. The van der Waals surface area contributed by atoms with Crippen molar-refractivity contribution in [2.45, 2.75) is 6.61 Å². The molecule has 1 aromatic rings. The molecule has 0 aliphatic carbocycles. The highest BCUT2D eigenvalue weighted by molar-refractivity contribution is 14.1. The zero-order valence-corrected chi connectivity index (χ0v) is 7.89. The molecule has 0 aliphatic heterocycles. The monoisotopic (exact) mass is 288 g/mol. The van der Waals surface area contributed by atoms with E-state index in [-0.39, 0.29) is 0 Å². The first-order valence-corrected chi connectivity index (χ1v) is 4.07. The van der Waals surface area contributed by atoms with Gasteiger partial charge in [0.1, 0.15) is 0 Å². The van der Waals surface area contributed by atoms with Crippen molar-refractivity contribution < 1.29 is 17.9 Å². The highest BCUT2D eigenvalue weighted by Crippen LogP contribution is 2.20. The SMILES string of the molecule is Fc1cc(I)ccc1OC(F)F. The summed E-state index contributed by atoms with van der Waals surface area (Å²) >= 11 is 1.87. The van der Waals surface area contributed by atoms with Gasteiger partial charge in [0.2, 0.25) is 0 Å². The van der Waals surface area contributed by atoms with Crippen molar-refractivity contribution in [3.63, 3.8) is 0 Å². The molecule has 0 spiro atoms. The van der Waals surface area contributed by atoms with E-state index in [1.54, 1.807) is 0 Å². The Hall–Kier alpha value is -0.460. The third-order valence-corrected chi connectivity index (χ3v) is 1.78. The van der Waals surface area contributed by atoms with Gasteiger partial charge in [0.15, 0.2) is 11.6 Å². The van der Waals surface area contributed by atoms with Gasteiger partial charge in [-0.1, -0.05) is 0 Å². The van der Waals surface area contributed by atoms with Crippen LogP contribution < -0.4 is 4.74 Å². The van der Waals surface area contributed by atoms with Crippen molar-refractivity contribution in [3.05, 3.63) is 27.6 Å². The van der Waals surface area contributed by atoms with Crippen molar-refractivity contribution in [2.24, 2.45) is 0 Å². The van der Waals surface area contributed by atoms with Crippen LogP contribution in [0.5, 0.6) is 5.75 Å². The van der Waals surface area contributed by atoms with E-state index >= 15 is 0 Å². The quantitative estimate of drug-likeness (QED) is 0.760. The Morgan fingerprint density at radius 2 is 2.00 bits per heavy atom. The van der Waals surface area contributed by atoms with E-state index in [9.17, 15) is 13.2 Å². The van der Waals surface area contributed by atoms with Crippen molar-refractivity contribution in [1.29, 1.82) is 0 Å². The van der Waals surface area contributed by atoms with Gasteiger partial charge >= 0.3 is 6.61 Å². The van der Waals surface area contributed by atoms with Crippen LogP contribution in [0, 0.1) is 9.39 Å². The molecule has 0 unspecified atom stereocenters. The van der Waals surface area contributed by atoms with Crippen molar-refractivity contribution in [3.8, 4) is 5.75 Å². The average Bonchev–Trinajstić information content (AvgIpc) is 1.94. The lowest BCUT2D eigenvalue weighted by atomic mass is 10.3. The van der Waals surface area contributed by atoms with Gasteiger partial charge in [-0.25, -0.2) is 4.39 Å². The molecule has 1 nitrogen and oxygen atoms in total. The average molecular weight is 288 g/mol. The second kappa shape index (κ2) is 3.97. The van der Waals surface area contributed by atoms with E-state index in [1.165, 1.54) is 12.1 Å². The largest absolute Gasteiger partial charge is 0.432 e. The summed E-state index contributed by atoms with van der Waals surface area (Å²) in [5, 5.41) is 0. The van der Waals surface area contributed by atoms with E-state index in [2.05, 4.69) is 4.74 Å². The molecule has 0 fully saturated rings. The van der Waals surface area contributed by atoms with Crippen LogP contribution in [0.2, 0.25) is 0 Å². The molecule has 0 N–H and O–H groups in total. The fraction of sp³-hybridized carbons (Fsp3) is 0.143. The number of rotatable bonds is 2. The van der Waals surface area contributed by atoms with Gasteiger partial charge in [0, 0.05) is 3.57 Å². The highest BCUT2D eigenvalue weighted by atomic mass is 127. The summed E-state index contributed by atoms with van der Waals surface area (Å²) in [6.07, 6.45) is 0. The molecule has 0 saturated carbocycles. The number of alkyl halides is 2. The van der Waals surface area contributed by atoms with Crippen LogP contribution in [0.1, 0.15) is 0 Å². The summed E-state index contributed by atoms with van der Waals surface area (Å²) in [4.78, 5) is 0. The fourth-order valence-corrected chi connectivity index (χ4v) is 1.12. The molecule has 0 aliphatic rings. The summed E-state index contributed by atoms with van der Waals surface area (Å²) in [6, 6.07) is 3.78. The van der Waals surface area contributed by atoms with E-state index < -0.39 is 18.2 Å². The molecule has 0 aromatic heterocycles. The summed E-state index contributed by atoms with van der Waals surface area (Å²) in [6.45, 7) is -2.99. The lowest BCUT2D eigenvalue weighted by Gasteiger charge is -2.04. The molecular formula is C7H4F3IO. The summed E-state index contributed by atoms with van der Waals surface area (Å²) in [7, 11) is 0. The molecule has 0 atom stereocenters. The predicted molar refractivity (Wildman–Crippen MR) is 45.7 cm³/mol. The van der Waals surface area contributed by atoms with Crippen LogP contribution in [0.4, 0.5) is 13.2 Å². The highest BCUT2D eigenvalue weighted by Gasteiger charge is 2.08. The summed E-state index contributed by atoms with van der Waals surface area (Å²) < 4.78 is 40.5. The number of ether oxygens (including phenoxy) is 1. The Balaban J connectivity index is 2.86. The van der Waals surface area contributed by atoms with Gasteiger partial charge in [0.25, 0.3) is 0 Å². The molecule has 12 heavy (non-hydrogen) atoms. The number of halogens is 4. The normalized spacial score (nSPS) is 10.4. The smallest absolute Gasteiger partial charge is 0.387 e. The van der Waals surface area contributed by atoms with Crippen LogP contribution in [-0.4, -0.2) is 6.61 Å². The molecule has 5 heteroatoms. The van der Waals surface area contributed by atoms with Gasteiger partial charge in [-0.2, -0.15) is 8.78 Å². The maximum Gasteiger partial charge on any atom is 0.387 e. The minimum atomic E-state index is -2.99. The minimum Gasteiger partial charge on any atom is -0.432 e. The Kier molecular flexibility index (Phi) is 3.19.